The van der Waals surface area contributed by atoms with Gasteiger partial charge < -0.3 is 10.5 Å². The molecule has 0 amide bonds. The molecule has 0 aliphatic rings. The largest absolute Gasteiger partial charge is 0.494 e. The first-order valence-electron chi connectivity index (χ1n) is 6.14. The molecule has 90 valence electrons. The van der Waals surface area contributed by atoms with E-state index in [1.165, 1.54) is 5.56 Å². The highest BCUT2D eigenvalue weighted by Crippen LogP contribution is 2.20. The third kappa shape index (κ3) is 3.53. The first-order chi connectivity index (χ1) is 7.63. The topological polar surface area (TPSA) is 35.2 Å². The quantitative estimate of drug-likeness (QED) is 0.801. The van der Waals surface area contributed by atoms with Crippen LogP contribution in [0.3, 0.4) is 0 Å². The highest BCUT2D eigenvalue weighted by Gasteiger charge is 2.20. The van der Waals surface area contributed by atoms with Gasteiger partial charge in [-0.3, -0.25) is 0 Å². The maximum Gasteiger partial charge on any atom is 0.119 e. The van der Waals surface area contributed by atoms with Gasteiger partial charge in [-0.2, -0.15) is 0 Å². The summed E-state index contributed by atoms with van der Waals surface area (Å²) >= 11 is 0. The number of benzene rings is 1. The van der Waals surface area contributed by atoms with E-state index in [1.54, 1.807) is 0 Å². The normalized spacial score (nSPS) is 11.5. The van der Waals surface area contributed by atoms with Crippen LogP contribution in [0.4, 0.5) is 0 Å². The summed E-state index contributed by atoms with van der Waals surface area (Å²) in [6.45, 7) is 7.01. The van der Waals surface area contributed by atoms with Gasteiger partial charge in [0.15, 0.2) is 0 Å². The van der Waals surface area contributed by atoms with E-state index in [9.17, 15) is 0 Å². The zero-order valence-electron chi connectivity index (χ0n) is 10.6. The summed E-state index contributed by atoms with van der Waals surface area (Å²) in [5, 5.41) is 0. The molecule has 2 nitrogen and oxygen atoms in total. The third-order valence-electron chi connectivity index (χ3n) is 3.20. The zero-order chi connectivity index (χ0) is 12.0. The monoisotopic (exact) mass is 221 g/mol. The lowest BCUT2D eigenvalue weighted by Gasteiger charge is -2.26. The molecule has 0 aromatic heterocycles. The van der Waals surface area contributed by atoms with Gasteiger partial charge in [-0.15, -0.1) is 0 Å². The lowest BCUT2D eigenvalue weighted by Crippen LogP contribution is -2.40. The lowest BCUT2D eigenvalue weighted by atomic mass is 9.87. The molecule has 2 heteroatoms. The molecule has 0 saturated carbocycles. The van der Waals surface area contributed by atoms with Crippen molar-refractivity contribution in [1.82, 2.24) is 0 Å². The van der Waals surface area contributed by atoms with Crippen molar-refractivity contribution in [2.75, 3.05) is 6.61 Å². The summed E-state index contributed by atoms with van der Waals surface area (Å²) in [7, 11) is 0. The Morgan fingerprint density at radius 1 is 1.06 bits per heavy atom. The van der Waals surface area contributed by atoms with Crippen molar-refractivity contribution in [2.45, 2.75) is 45.6 Å². The molecule has 0 saturated heterocycles. The summed E-state index contributed by atoms with van der Waals surface area (Å²) in [6, 6.07) is 8.25. The van der Waals surface area contributed by atoms with E-state index in [0.29, 0.717) is 6.61 Å². The Hall–Kier alpha value is -1.02. The molecule has 0 heterocycles. The summed E-state index contributed by atoms with van der Waals surface area (Å²) < 4.78 is 5.41. The van der Waals surface area contributed by atoms with Gasteiger partial charge in [0.2, 0.25) is 0 Å². The number of hydrogen-bond acceptors (Lipinski definition) is 2. The van der Waals surface area contributed by atoms with Gasteiger partial charge in [-0.1, -0.05) is 26.0 Å². The van der Waals surface area contributed by atoms with Crippen molar-refractivity contribution in [3.63, 3.8) is 0 Å². The van der Waals surface area contributed by atoms with Crippen LogP contribution in [0.25, 0.3) is 0 Å². The Labute approximate surface area is 98.8 Å². The Bertz CT molecular complexity index is 301. The maximum atomic E-state index is 6.29. The first-order valence-corrected chi connectivity index (χ1v) is 6.14. The lowest BCUT2D eigenvalue weighted by molar-refractivity contribution is 0.340. The average Bonchev–Trinajstić information content (AvgIpc) is 2.32. The second kappa shape index (κ2) is 5.90. The molecule has 0 atom stereocenters. The van der Waals surface area contributed by atoms with Crippen LogP contribution in [0.15, 0.2) is 24.3 Å². The van der Waals surface area contributed by atoms with E-state index in [4.69, 9.17) is 10.5 Å². The van der Waals surface area contributed by atoms with Crippen molar-refractivity contribution in [3.05, 3.63) is 29.8 Å². The van der Waals surface area contributed by atoms with Crippen LogP contribution < -0.4 is 10.5 Å². The van der Waals surface area contributed by atoms with Gasteiger partial charge in [0.1, 0.15) is 5.75 Å². The summed E-state index contributed by atoms with van der Waals surface area (Å²) in [5.74, 6) is 0.932. The molecule has 16 heavy (non-hydrogen) atoms. The van der Waals surface area contributed by atoms with Gasteiger partial charge in [0, 0.05) is 5.54 Å². The number of nitrogens with two attached hydrogens (primary N) is 1. The number of hydrogen-bond donors (Lipinski definition) is 1. The summed E-state index contributed by atoms with van der Waals surface area (Å²) in [5.41, 5.74) is 7.52. The minimum atomic E-state index is -0.0624. The van der Waals surface area contributed by atoms with E-state index >= 15 is 0 Å². The molecule has 1 rings (SSSR count). The molecule has 2 N–H and O–H groups in total. The third-order valence-corrected chi connectivity index (χ3v) is 3.20. The Morgan fingerprint density at radius 2 is 1.62 bits per heavy atom. The Balaban J connectivity index is 2.67. The highest BCUT2D eigenvalue weighted by molar-refractivity contribution is 5.28. The second-order valence-electron chi connectivity index (χ2n) is 4.32. The molecule has 0 aliphatic heterocycles. The van der Waals surface area contributed by atoms with E-state index in [0.717, 1.165) is 25.0 Å². The van der Waals surface area contributed by atoms with Gasteiger partial charge in [-0.25, -0.2) is 0 Å². The SMILES string of the molecule is CCOc1ccc(CC(N)(CC)CC)cc1. The fourth-order valence-corrected chi connectivity index (χ4v) is 1.78. The predicted molar refractivity (Wildman–Crippen MR) is 68.8 cm³/mol. The molecule has 1 aromatic rings. The molecule has 0 fully saturated rings. The van der Waals surface area contributed by atoms with Crippen molar-refractivity contribution in [2.24, 2.45) is 5.73 Å². The van der Waals surface area contributed by atoms with Crippen LogP contribution in [0.5, 0.6) is 5.75 Å². The van der Waals surface area contributed by atoms with Crippen LogP contribution in [-0.2, 0) is 6.42 Å². The molecular weight excluding hydrogens is 198 g/mol. The molecule has 0 unspecified atom stereocenters. The fraction of sp³-hybridized carbons (Fsp3) is 0.571. The number of rotatable bonds is 6. The summed E-state index contributed by atoms with van der Waals surface area (Å²) in [4.78, 5) is 0. The number of ether oxygens (including phenoxy) is 1. The standard InChI is InChI=1S/C14H23NO/c1-4-14(15,5-2)11-12-7-9-13(10-8-12)16-6-3/h7-10H,4-6,11,15H2,1-3H3. The van der Waals surface area contributed by atoms with E-state index in [1.807, 2.05) is 19.1 Å². The highest BCUT2D eigenvalue weighted by atomic mass is 16.5. The van der Waals surface area contributed by atoms with Gasteiger partial charge in [0.05, 0.1) is 6.61 Å². The minimum absolute atomic E-state index is 0.0624. The molecular formula is C14H23NO. The molecule has 0 bridgehead atoms. The maximum absolute atomic E-state index is 6.29. The minimum Gasteiger partial charge on any atom is -0.494 e. The van der Waals surface area contributed by atoms with Gasteiger partial charge in [0.25, 0.3) is 0 Å². The van der Waals surface area contributed by atoms with Crippen LogP contribution in [0.2, 0.25) is 0 Å². The zero-order valence-corrected chi connectivity index (χ0v) is 10.6. The van der Waals surface area contributed by atoms with Gasteiger partial charge in [-0.05, 0) is 43.9 Å². The smallest absolute Gasteiger partial charge is 0.119 e. The van der Waals surface area contributed by atoms with E-state index in [-0.39, 0.29) is 5.54 Å². The van der Waals surface area contributed by atoms with E-state index in [2.05, 4.69) is 26.0 Å². The fourth-order valence-electron chi connectivity index (χ4n) is 1.78. The first kappa shape index (κ1) is 13.0. The van der Waals surface area contributed by atoms with Crippen molar-refractivity contribution in [1.29, 1.82) is 0 Å². The predicted octanol–water partition coefficient (Wildman–Crippen LogP) is 3.15. The van der Waals surface area contributed by atoms with Crippen molar-refractivity contribution >= 4 is 0 Å². The van der Waals surface area contributed by atoms with Gasteiger partial charge >= 0.3 is 0 Å². The molecule has 0 spiro atoms. The second-order valence-corrected chi connectivity index (χ2v) is 4.32. The van der Waals surface area contributed by atoms with E-state index < -0.39 is 0 Å². The van der Waals surface area contributed by atoms with Crippen LogP contribution in [0.1, 0.15) is 39.2 Å². The average molecular weight is 221 g/mol. The Morgan fingerprint density at radius 3 is 2.06 bits per heavy atom. The van der Waals surface area contributed by atoms with Crippen LogP contribution in [-0.4, -0.2) is 12.1 Å². The van der Waals surface area contributed by atoms with Crippen LogP contribution in [0, 0.1) is 0 Å². The van der Waals surface area contributed by atoms with Crippen LogP contribution >= 0.6 is 0 Å². The molecule has 0 radical (unpaired) electrons. The Kier molecular flexibility index (Phi) is 4.81. The summed E-state index contributed by atoms with van der Waals surface area (Å²) in [6.07, 6.45) is 2.96. The van der Waals surface area contributed by atoms with Crippen molar-refractivity contribution < 1.29 is 4.74 Å². The molecule has 0 aliphatic carbocycles. The van der Waals surface area contributed by atoms with Crippen molar-refractivity contribution in [3.8, 4) is 5.75 Å². The molecule has 1 aromatic carbocycles.